The van der Waals surface area contributed by atoms with E-state index < -0.39 is 5.41 Å². The molecule has 0 aromatic rings. The molecule has 0 aromatic carbocycles. The van der Waals surface area contributed by atoms with Gasteiger partial charge in [-0.15, -0.1) is 0 Å². The number of allylic oxidation sites excluding steroid dienone is 3. The Balaban J connectivity index is 1.99. The largest absolute Gasteiger partial charge is 0.293 e. The molecule has 0 heterocycles. The van der Waals surface area contributed by atoms with E-state index in [0.29, 0.717) is 23.3 Å². The maximum absolute atomic E-state index is 13.2. The van der Waals surface area contributed by atoms with Gasteiger partial charge in [0, 0.05) is 5.41 Å². The molecule has 198 valence electrons. The Hall–Kier alpha value is -1.87. The summed E-state index contributed by atoms with van der Waals surface area (Å²) in [5.41, 5.74) is 0.665. The fourth-order valence-corrected chi connectivity index (χ4v) is 9.23. The van der Waals surface area contributed by atoms with E-state index in [9.17, 15) is 15.3 Å². The minimum absolute atomic E-state index is 0.0174. The zero-order valence-electron chi connectivity index (χ0n) is 24.6. The van der Waals surface area contributed by atoms with Crippen molar-refractivity contribution >= 4 is 5.78 Å². The lowest BCUT2D eigenvalue weighted by Crippen LogP contribution is -2.59. The maximum atomic E-state index is 13.2. The first-order valence-corrected chi connectivity index (χ1v) is 14.3. The smallest absolute Gasteiger partial charge is 0.178 e. The minimum Gasteiger partial charge on any atom is -0.293 e. The number of nitriles is 2. The molecule has 0 aliphatic heterocycles. The first-order valence-electron chi connectivity index (χ1n) is 14.3. The molecule has 7 atom stereocenters. The van der Waals surface area contributed by atoms with Crippen LogP contribution >= 0.6 is 0 Å². The fourth-order valence-electron chi connectivity index (χ4n) is 9.23. The highest BCUT2D eigenvalue weighted by Gasteiger charge is 2.63. The highest BCUT2D eigenvalue weighted by molar-refractivity contribution is 6.04. The van der Waals surface area contributed by atoms with Gasteiger partial charge >= 0.3 is 0 Å². The van der Waals surface area contributed by atoms with E-state index in [2.05, 4.69) is 87.1 Å². The van der Waals surface area contributed by atoms with Crippen molar-refractivity contribution in [2.24, 2.45) is 50.7 Å². The predicted molar refractivity (Wildman–Crippen MR) is 148 cm³/mol. The summed E-state index contributed by atoms with van der Waals surface area (Å²) in [5, 5.41) is 20.3. The van der Waals surface area contributed by atoms with Crippen molar-refractivity contribution in [3.63, 3.8) is 0 Å². The van der Waals surface area contributed by atoms with E-state index in [0.717, 1.165) is 51.4 Å². The molecule has 3 nitrogen and oxygen atoms in total. The van der Waals surface area contributed by atoms with Gasteiger partial charge in [-0.3, -0.25) is 4.79 Å². The molecule has 0 aromatic heterocycles. The number of ketones is 1. The second kappa shape index (κ2) is 9.46. The molecule has 3 rings (SSSR count). The van der Waals surface area contributed by atoms with Gasteiger partial charge in [0.05, 0.1) is 17.1 Å². The lowest BCUT2D eigenvalue weighted by Gasteiger charge is -2.64. The standard InChI is InChI=1S/C33H50N2O/c1-11-12-27-31(9)19-24(20-34)28(36)30(7,8)26(31)14-15-32(27,10)29(5,6)17-18-33(21-35)16-13-25(22(2)3)23(33)4/h19,23,25-27H,2,11-18H2,1,3-10H3/t23-,25?,26-,27+,31-,32+,33+/m0/s1. The molecule has 0 N–H and O–H groups in total. The van der Waals surface area contributed by atoms with Crippen LogP contribution in [0.3, 0.4) is 0 Å². The SMILES string of the molecule is C=C(C)C1CC[C@](C#N)(CCC(C)(C)[C@]2(C)CC[C@H]3C(C)(C)C(=O)C(C#N)=C[C@]3(C)[C@H]2CCC)[C@H]1C. The molecule has 0 radical (unpaired) electrons. The Morgan fingerprint density at radius 3 is 2.31 bits per heavy atom. The van der Waals surface area contributed by atoms with Crippen LogP contribution in [0.1, 0.15) is 114 Å². The average molecular weight is 491 g/mol. The van der Waals surface area contributed by atoms with E-state index in [1.807, 2.05) is 0 Å². The van der Waals surface area contributed by atoms with Crippen molar-refractivity contribution in [2.75, 3.05) is 0 Å². The van der Waals surface area contributed by atoms with Gasteiger partial charge in [-0.1, -0.05) is 80.0 Å². The van der Waals surface area contributed by atoms with Gasteiger partial charge in [0.1, 0.15) is 6.07 Å². The van der Waals surface area contributed by atoms with Crippen molar-refractivity contribution in [3.05, 3.63) is 23.8 Å². The number of Topliss-reactive ketones (excluding diaryl/α,β-unsaturated/α-hetero) is 1. The normalized spacial score (nSPS) is 40.1. The summed E-state index contributed by atoms with van der Waals surface area (Å²) in [6.07, 6.45) is 10.3. The molecule has 2 fully saturated rings. The van der Waals surface area contributed by atoms with Crippen LogP contribution in [0.2, 0.25) is 0 Å². The van der Waals surface area contributed by atoms with Gasteiger partial charge in [-0.05, 0) is 91.8 Å². The van der Waals surface area contributed by atoms with Crippen LogP contribution in [0.25, 0.3) is 0 Å². The Kier molecular flexibility index (Phi) is 7.54. The van der Waals surface area contributed by atoms with Crippen LogP contribution in [0, 0.1) is 73.4 Å². The minimum atomic E-state index is -0.520. The highest BCUT2D eigenvalue weighted by atomic mass is 16.1. The summed E-state index contributed by atoms with van der Waals surface area (Å²) in [6, 6.07) is 5.05. The summed E-state index contributed by atoms with van der Waals surface area (Å²) in [4.78, 5) is 13.2. The topological polar surface area (TPSA) is 64.7 Å². The van der Waals surface area contributed by atoms with Gasteiger partial charge in [0.2, 0.25) is 0 Å². The highest BCUT2D eigenvalue weighted by Crippen LogP contribution is 2.68. The number of rotatable bonds is 7. The van der Waals surface area contributed by atoms with E-state index in [4.69, 9.17) is 0 Å². The van der Waals surface area contributed by atoms with Crippen molar-refractivity contribution < 1.29 is 4.79 Å². The molecule has 3 heteroatoms. The summed E-state index contributed by atoms with van der Waals surface area (Å²) in [6.45, 7) is 24.7. The van der Waals surface area contributed by atoms with Gasteiger partial charge in [0.15, 0.2) is 5.78 Å². The quantitative estimate of drug-likeness (QED) is 0.335. The van der Waals surface area contributed by atoms with E-state index in [1.165, 1.54) is 5.57 Å². The Labute approximate surface area is 221 Å². The summed E-state index contributed by atoms with van der Waals surface area (Å²) in [5.74, 6) is 1.42. The zero-order chi connectivity index (χ0) is 27.3. The molecule has 0 bridgehead atoms. The lowest BCUT2D eigenvalue weighted by atomic mass is 9.39. The number of carbonyl (C=O) groups excluding carboxylic acids is 1. The summed E-state index contributed by atoms with van der Waals surface area (Å²) < 4.78 is 0. The Morgan fingerprint density at radius 2 is 1.81 bits per heavy atom. The third-order valence-electron chi connectivity index (χ3n) is 12.1. The van der Waals surface area contributed by atoms with E-state index >= 15 is 0 Å². The summed E-state index contributed by atoms with van der Waals surface area (Å²) in [7, 11) is 0. The molecule has 3 aliphatic carbocycles. The second-order valence-corrected chi connectivity index (χ2v) is 14.4. The van der Waals surface area contributed by atoms with E-state index in [1.54, 1.807) is 0 Å². The fraction of sp³-hybridized carbons (Fsp3) is 0.788. The van der Waals surface area contributed by atoms with Crippen LogP contribution in [0.5, 0.6) is 0 Å². The van der Waals surface area contributed by atoms with Crippen LogP contribution in [-0.4, -0.2) is 5.78 Å². The number of nitrogens with zero attached hydrogens (tertiary/aromatic N) is 2. The van der Waals surface area contributed by atoms with Gasteiger partial charge in [-0.2, -0.15) is 10.5 Å². The first kappa shape index (κ1) is 28.7. The second-order valence-electron chi connectivity index (χ2n) is 14.4. The summed E-state index contributed by atoms with van der Waals surface area (Å²) >= 11 is 0. The molecule has 2 saturated carbocycles. The number of fused-ring (bicyclic) bond motifs is 1. The van der Waals surface area contributed by atoms with Crippen LogP contribution in [0.4, 0.5) is 0 Å². The zero-order valence-corrected chi connectivity index (χ0v) is 24.6. The van der Waals surface area contributed by atoms with Crippen LogP contribution < -0.4 is 0 Å². The molecule has 36 heavy (non-hydrogen) atoms. The van der Waals surface area contributed by atoms with Crippen molar-refractivity contribution in [2.45, 2.75) is 114 Å². The van der Waals surface area contributed by atoms with Crippen molar-refractivity contribution in [3.8, 4) is 12.1 Å². The number of hydrogen-bond donors (Lipinski definition) is 0. The predicted octanol–water partition coefficient (Wildman–Crippen LogP) is 8.82. The van der Waals surface area contributed by atoms with Gasteiger partial charge < -0.3 is 0 Å². The van der Waals surface area contributed by atoms with Gasteiger partial charge in [-0.25, -0.2) is 0 Å². The maximum Gasteiger partial charge on any atom is 0.178 e. The molecule has 3 aliphatic rings. The monoisotopic (exact) mass is 490 g/mol. The number of hydrogen-bond acceptors (Lipinski definition) is 3. The number of carbonyl (C=O) groups is 1. The third-order valence-corrected chi connectivity index (χ3v) is 12.1. The first-order chi connectivity index (χ1) is 16.6. The lowest BCUT2D eigenvalue weighted by molar-refractivity contribution is -0.153. The molecular formula is C33H50N2O. The van der Waals surface area contributed by atoms with Crippen LogP contribution in [-0.2, 0) is 4.79 Å². The average Bonchev–Trinajstić information content (AvgIpc) is 3.14. The molecule has 1 unspecified atom stereocenters. The molecular weight excluding hydrogens is 440 g/mol. The Bertz CT molecular complexity index is 1020. The Morgan fingerprint density at radius 1 is 1.17 bits per heavy atom. The third kappa shape index (κ3) is 4.10. The molecule has 0 amide bonds. The molecule has 0 spiro atoms. The molecule has 0 saturated heterocycles. The van der Waals surface area contributed by atoms with Gasteiger partial charge in [0.25, 0.3) is 0 Å². The van der Waals surface area contributed by atoms with Crippen molar-refractivity contribution in [1.82, 2.24) is 0 Å². The van der Waals surface area contributed by atoms with E-state index in [-0.39, 0.29) is 33.4 Å². The van der Waals surface area contributed by atoms with Crippen molar-refractivity contribution in [1.29, 1.82) is 10.5 Å². The van der Waals surface area contributed by atoms with Crippen LogP contribution in [0.15, 0.2) is 23.8 Å².